The normalized spacial score (nSPS) is 13.2. The Morgan fingerprint density at radius 2 is 1.64 bits per heavy atom. The molecule has 0 rings (SSSR count). The van der Waals surface area contributed by atoms with Gasteiger partial charge in [-0.2, -0.15) is 0 Å². The third-order valence-corrected chi connectivity index (χ3v) is 3.78. The van der Waals surface area contributed by atoms with Gasteiger partial charge in [-0.05, 0) is 10.5 Å². The van der Waals surface area contributed by atoms with Gasteiger partial charge in [-0.15, -0.1) is 6.58 Å². The third kappa shape index (κ3) is 6.36. The first-order valence-electron chi connectivity index (χ1n) is 4.15. The molecule has 0 nitrogen and oxygen atoms in total. The van der Waals surface area contributed by atoms with Gasteiger partial charge in [0.15, 0.2) is 0 Å². The molecule has 0 aromatic rings. The molecule has 11 heavy (non-hydrogen) atoms. The van der Waals surface area contributed by atoms with Crippen LogP contribution in [0.15, 0.2) is 12.7 Å². The van der Waals surface area contributed by atoms with E-state index in [1.54, 1.807) is 0 Å². The van der Waals surface area contributed by atoms with Crippen molar-refractivity contribution in [1.29, 1.82) is 0 Å². The third-order valence-electron chi connectivity index (χ3n) is 1.63. The first-order chi connectivity index (χ1) is 4.77. The quantitative estimate of drug-likeness (QED) is 0.447. The molecule has 1 heteroatoms. The summed E-state index contributed by atoms with van der Waals surface area (Å²) in [6.07, 6.45) is 2.06. The van der Waals surface area contributed by atoms with Crippen LogP contribution in [0, 0.1) is 5.41 Å². The van der Waals surface area contributed by atoms with Gasteiger partial charge in [0.2, 0.25) is 0 Å². The zero-order valence-electron chi connectivity index (χ0n) is 8.49. The monoisotopic (exact) mass is 168 g/mol. The summed E-state index contributed by atoms with van der Waals surface area (Å²) < 4.78 is 0. The van der Waals surface area contributed by atoms with E-state index in [4.69, 9.17) is 0 Å². The SMILES string of the molecule is C=CC(C)(C)C[Si]C(C)(C)C. The summed E-state index contributed by atoms with van der Waals surface area (Å²) in [4.78, 5) is 0. The average molecular weight is 168 g/mol. The Bertz CT molecular complexity index is 128. The smallest absolute Gasteiger partial charge is 0.0453 e. The van der Waals surface area contributed by atoms with Gasteiger partial charge >= 0.3 is 0 Å². The van der Waals surface area contributed by atoms with Crippen molar-refractivity contribution in [3.63, 3.8) is 0 Å². The van der Waals surface area contributed by atoms with E-state index in [1.165, 1.54) is 6.04 Å². The van der Waals surface area contributed by atoms with Gasteiger partial charge in [0, 0.05) is 9.52 Å². The fraction of sp³-hybridized carbons (Fsp3) is 0.800. The highest BCUT2D eigenvalue weighted by Gasteiger charge is 2.18. The van der Waals surface area contributed by atoms with E-state index in [-0.39, 0.29) is 0 Å². The Morgan fingerprint density at radius 1 is 1.18 bits per heavy atom. The maximum absolute atomic E-state index is 3.84. The molecule has 0 atom stereocenters. The molecule has 0 aromatic carbocycles. The van der Waals surface area contributed by atoms with Crippen LogP contribution < -0.4 is 0 Å². The van der Waals surface area contributed by atoms with Crippen molar-refractivity contribution in [3.05, 3.63) is 12.7 Å². The summed E-state index contributed by atoms with van der Waals surface area (Å²) in [5, 5.41) is 0.486. The summed E-state index contributed by atoms with van der Waals surface area (Å²) in [5.41, 5.74) is 0.325. The molecule has 0 unspecified atom stereocenters. The van der Waals surface area contributed by atoms with E-state index in [0.29, 0.717) is 10.5 Å². The topological polar surface area (TPSA) is 0 Å². The molecule has 0 aliphatic carbocycles. The number of hydrogen-bond donors (Lipinski definition) is 0. The molecule has 0 aliphatic rings. The maximum atomic E-state index is 3.84. The summed E-state index contributed by atoms with van der Waals surface area (Å²) in [7, 11) is 1.03. The fourth-order valence-electron chi connectivity index (χ4n) is 0.565. The van der Waals surface area contributed by atoms with Crippen molar-refractivity contribution in [2.75, 3.05) is 0 Å². The Kier molecular flexibility index (Phi) is 3.56. The van der Waals surface area contributed by atoms with Crippen LogP contribution in [-0.2, 0) is 0 Å². The molecule has 0 saturated heterocycles. The van der Waals surface area contributed by atoms with Crippen LogP contribution in [-0.4, -0.2) is 9.52 Å². The van der Waals surface area contributed by atoms with E-state index in [9.17, 15) is 0 Å². The fourth-order valence-corrected chi connectivity index (χ4v) is 1.70. The second-order valence-corrected chi connectivity index (χ2v) is 7.00. The molecule has 0 saturated carbocycles. The highest BCUT2D eigenvalue weighted by molar-refractivity contribution is 6.39. The summed E-state index contributed by atoms with van der Waals surface area (Å²) in [6.45, 7) is 15.2. The van der Waals surface area contributed by atoms with Crippen LogP contribution in [0.25, 0.3) is 0 Å². The predicted octanol–water partition coefficient (Wildman–Crippen LogP) is 3.54. The minimum atomic E-state index is 0.325. The van der Waals surface area contributed by atoms with E-state index in [0.717, 1.165) is 9.52 Å². The van der Waals surface area contributed by atoms with Gasteiger partial charge < -0.3 is 0 Å². The minimum Gasteiger partial charge on any atom is -0.103 e. The number of rotatable bonds is 3. The number of hydrogen-bond acceptors (Lipinski definition) is 0. The lowest BCUT2D eigenvalue weighted by Crippen LogP contribution is -2.16. The van der Waals surface area contributed by atoms with Crippen LogP contribution in [0.1, 0.15) is 34.6 Å². The van der Waals surface area contributed by atoms with Crippen molar-refractivity contribution in [3.8, 4) is 0 Å². The van der Waals surface area contributed by atoms with Crippen LogP contribution in [0.2, 0.25) is 11.1 Å². The van der Waals surface area contributed by atoms with Crippen LogP contribution >= 0.6 is 0 Å². The molecule has 64 valence electrons. The van der Waals surface area contributed by atoms with Crippen molar-refractivity contribution in [1.82, 2.24) is 0 Å². The molecule has 0 bridgehead atoms. The Balaban J connectivity index is 3.79. The summed E-state index contributed by atoms with van der Waals surface area (Å²) >= 11 is 0. The van der Waals surface area contributed by atoms with Crippen LogP contribution in [0.5, 0.6) is 0 Å². The van der Waals surface area contributed by atoms with Gasteiger partial charge in [0.25, 0.3) is 0 Å². The van der Waals surface area contributed by atoms with Crippen molar-refractivity contribution >= 4 is 9.52 Å². The summed E-state index contributed by atoms with van der Waals surface area (Å²) in [6, 6.07) is 1.26. The van der Waals surface area contributed by atoms with Gasteiger partial charge in [-0.3, -0.25) is 0 Å². The zero-order chi connectivity index (χ0) is 9.12. The molecule has 0 aliphatic heterocycles. The van der Waals surface area contributed by atoms with Crippen molar-refractivity contribution in [2.45, 2.75) is 45.7 Å². The van der Waals surface area contributed by atoms with Crippen molar-refractivity contribution < 1.29 is 0 Å². The minimum absolute atomic E-state index is 0.325. The molecule has 0 N–H and O–H groups in total. The van der Waals surface area contributed by atoms with Crippen molar-refractivity contribution in [2.24, 2.45) is 5.41 Å². The Hall–Kier alpha value is -0.0431. The molecule has 0 fully saturated rings. The molecule has 0 spiro atoms. The molecular weight excluding hydrogens is 148 g/mol. The summed E-state index contributed by atoms with van der Waals surface area (Å²) in [5.74, 6) is 0. The van der Waals surface area contributed by atoms with E-state index < -0.39 is 0 Å². The lowest BCUT2D eigenvalue weighted by atomic mass is 9.97. The second-order valence-electron chi connectivity index (χ2n) is 4.80. The second kappa shape index (κ2) is 3.57. The lowest BCUT2D eigenvalue weighted by Gasteiger charge is -2.24. The Morgan fingerprint density at radius 3 is 1.91 bits per heavy atom. The largest absolute Gasteiger partial charge is 0.103 e. The standard InChI is InChI=1S/C10H20Si/c1-7-10(5,6)8-11-9(2,3)4/h7H,1,8H2,2-6H3. The predicted molar refractivity (Wildman–Crippen MR) is 54.3 cm³/mol. The van der Waals surface area contributed by atoms with Crippen LogP contribution in [0.4, 0.5) is 0 Å². The van der Waals surface area contributed by atoms with Gasteiger partial charge in [-0.1, -0.05) is 46.7 Å². The van der Waals surface area contributed by atoms with Gasteiger partial charge in [0.05, 0.1) is 0 Å². The molecular formula is C10H20Si. The van der Waals surface area contributed by atoms with E-state index in [1.807, 2.05) is 0 Å². The number of allylic oxidation sites excluding steroid dienone is 1. The molecule has 0 aromatic heterocycles. The molecule has 2 radical (unpaired) electrons. The van der Waals surface area contributed by atoms with E-state index in [2.05, 4.69) is 47.3 Å². The maximum Gasteiger partial charge on any atom is 0.0453 e. The lowest BCUT2D eigenvalue weighted by molar-refractivity contribution is 0.534. The Labute approximate surface area is 73.9 Å². The first kappa shape index (κ1) is 11.0. The van der Waals surface area contributed by atoms with Crippen LogP contribution in [0.3, 0.4) is 0 Å². The zero-order valence-corrected chi connectivity index (χ0v) is 9.49. The highest BCUT2D eigenvalue weighted by atomic mass is 28.2. The van der Waals surface area contributed by atoms with E-state index >= 15 is 0 Å². The first-order valence-corrected chi connectivity index (χ1v) is 5.36. The average Bonchev–Trinajstić information content (AvgIpc) is 1.83. The molecule has 0 heterocycles. The highest BCUT2D eigenvalue weighted by Crippen LogP contribution is 2.29. The molecule has 0 amide bonds. The van der Waals surface area contributed by atoms with Gasteiger partial charge in [-0.25, -0.2) is 0 Å². The van der Waals surface area contributed by atoms with Gasteiger partial charge in [0.1, 0.15) is 0 Å².